The van der Waals surface area contributed by atoms with Gasteiger partial charge in [-0.3, -0.25) is 9.69 Å². The fraction of sp³-hybridized carbons (Fsp3) is 0.789. The molecule has 3 heterocycles. The molecule has 1 aromatic rings. The van der Waals surface area contributed by atoms with E-state index >= 15 is 0 Å². The minimum absolute atomic E-state index is 0.238. The molecule has 2 aliphatic heterocycles. The average molecular weight is 365 g/mol. The second-order valence-corrected chi connectivity index (χ2v) is 8.63. The van der Waals surface area contributed by atoms with Gasteiger partial charge in [-0.25, -0.2) is 4.98 Å². The monoisotopic (exact) mass is 364 g/mol. The highest BCUT2D eigenvalue weighted by Gasteiger charge is 2.30. The molecule has 0 atom stereocenters. The molecule has 1 aromatic heterocycles. The Kier molecular flexibility index (Phi) is 6.84. The number of thiazole rings is 1. The number of hydrogen-bond acceptors (Lipinski definition) is 5. The molecule has 3 rings (SSSR count). The predicted octanol–water partition coefficient (Wildman–Crippen LogP) is 2.51. The van der Waals surface area contributed by atoms with E-state index < -0.39 is 0 Å². The van der Waals surface area contributed by atoms with Crippen LogP contribution in [0.1, 0.15) is 42.8 Å². The summed E-state index contributed by atoms with van der Waals surface area (Å²) in [5.74, 6) is 1.44. The number of piperidine rings is 2. The minimum Gasteiger partial charge on any atom is -0.342 e. The van der Waals surface area contributed by atoms with Gasteiger partial charge in [-0.2, -0.15) is 0 Å². The van der Waals surface area contributed by atoms with E-state index in [4.69, 9.17) is 0 Å². The Hall–Kier alpha value is -0.980. The molecule has 1 amide bonds. The van der Waals surface area contributed by atoms with E-state index in [-0.39, 0.29) is 5.92 Å². The van der Waals surface area contributed by atoms with Crippen LogP contribution in [0.3, 0.4) is 0 Å². The largest absolute Gasteiger partial charge is 0.342 e. The summed E-state index contributed by atoms with van der Waals surface area (Å²) >= 11 is 1.72. The number of likely N-dealkylation sites (tertiary alicyclic amines) is 2. The van der Waals surface area contributed by atoms with Gasteiger partial charge in [0, 0.05) is 30.9 Å². The van der Waals surface area contributed by atoms with E-state index in [1.165, 1.54) is 25.0 Å². The number of rotatable bonds is 6. The molecule has 140 valence electrons. The molecule has 0 radical (unpaired) electrons. The summed E-state index contributed by atoms with van der Waals surface area (Å²) in [7, 11) is 2.01. The van der Waals surface area contributed by atoms with Gasteiger partial charge in [0.15, 0.2) is 0 Å². The lowest BCUT2D eigenvalue weighted by atomic mass is 9.90. The van der Waals surface area contributed by atoms with Crippen molar-refractivity contribution in [3.05, 3.63) is 16.1 Å². The highest BCUT2D eigenvalue weighted by Crippen LogP contribution is 2.25. The zero-order chi connectivity index (χ0) is 17.6. The second-order valence-electron chi connectivity index (χ2n) is 7.57. The van der Waals surface area contributed by atoms with Crippen LogP contribution in [0.4, 0.5) is 0 Å². The van der Waals surface area contributed by atoms with Crippen molar-refractivity contribution in [2.45, 2.75) is 45.6 Å². The SMILES string of the molecule is CNCCC1CCN(C(=O)C2CCN(Cc3csc(C)n3)CC2)CC1. The van der Waals surface area contributed by atoms with Crippen molar-refractivity contribution in [2.24, 2.45) is 11.8 Å². The van der Waals surface area contributed by atoms with Crippen LogP contribution < -0.4 is 5.32 Å². The van der Waals surface area contributed by atoms with E-state index in [1.54, 1.807) is 11.3 Å². The lowest BCUT2D eigenvalue weighted by molar-refractivity contribution is -0.138. The van der Waals surface area contributed by atoms with Crippen molar-refractivity contribution < 1.29 is 4.79 Å². The minimum atomic E-state index is 0.238. The summed E-state index contributed by atoms with van der Waals surface area (Å²) in [6.45, 7) is 8.05. The zero-order valence-corrected chi connectivity index (χ0v) is 16.5. The molecule has 0 saturated carbocycles. The average Bonchev–Trinajstić information content (AvgIpc) is 3.05. The molecule has 2 saturated heterocycles. The highest BCUT2D eigenvalue weighted by molar-refractivity contribution is 7.09. The van der Waals surface area contributed by atoms with E-state index in [9.17, 15) is 4.79 Å². The first-order valence-corrected chi connectivity index (χ1v) is 10.6. The van der Waals surface area contributed by atoms with Gasteiger partial charge in [-0.1, -0.05) is 0 Å². The maximum absolute atomic E-state index is 12.8. The number of amides is 1. The van der Waals surface area contributed by atoms with E-state index in [1.807, 2.05) is 7.05 Å². The predicted molar refractivity (Wildman–Crippen MR) is 103 cm³/mol. The Balaban J connectivity index is 1.40. The summed E-state index contributed by atoms with van der Waals surface area (Å²) in [5.41, 5.74) is 1.18. The first-order chi connectivity index (χ1) is 12.2. The van der Waals surface area contributed by atoms with Gasteiger partial charge in [0.1, 0.15) is 0 Å². The number of aryl methyl sites for hydroxylation is 1. The molecule has 0 spiro atoms. The fourth-order valence-corrected chi connectivity index (χ4v) is 4.70. The lowest BCUT2D eigenvalue weighted by Gasteiger charge is -2.37. The molecule has 0 aliphatic carbocycles. The second kappa shape index (κ2) is 9.10. The summed E-state index contributed by atoms with van der Waals surface area (Å²) in [4.78, 5) is 22.0. The van der Waals surface area contributed by atoms with Gasteiger partial charge in [-0.05, 0) is 71.6 Å². The van der Waals surface area contributed by atoms with Crippen LogP contribution in [0.25, 0.3) is 0 Å². The molecular weight excluding hydrogens is 332 g/mol. The molecule has 0 aromatic carbocycles. The third-order valence-electron chi connectivity index (χ3n) is 5.72. The molecule has 0 bridgehead atoms. The molecule has 2 aliphatic rings. The van der Waals surface area contributed by atoms with Crippen molar-refractivity contribution in [3.63, 3.8) is 0 Å². The van der Waals surface area contributed by atoms with Crippen molar-refractivity contribution in [3.8, 4) is 0 Å². The Morgan fingerprint density at radius 3 is 2.56 bits per heavy atom. The standard InChI is InChI=1S/C19H32N4OS/c1-15-21-18(14-25-15)13-22-9-6-17(7-10-22)19(24)23-11-4-16(5-12-23)3-8-20-2/h14,16-17,20H,3-13H2,1-2H3. The molecule has 5 nitrogen and oxygen atoms in total. The van der Waals surface area contributed by atoms with Crippen LogP contribution in [0, 0.1) is 18.8 Å². The highest BCUT2D eigenvalue weighted by atomic mass is 32.1. The van der Waals surface area contributed by atoms with Crippen molar-refractivity contribution in [1.82, 2.24) is 20.1 Å². The summed E-state index contributed by atoms with van der Waals surface area (Å²) < 4.78 is 0. The molecule has 2 fully saturated rings. The molecule has 0 unspecified atom stereocenters. The summed E-state index contributed by atoms with van der Waals surface area (Å²) in [6.07, 6.45) is 5.60. The fourth-order valence-electron chi connectivity index (χ4n) is 4.10. The smallest absolute Gasteiger partial charge is 0.225 e. The third-order valence-corrected chi connectivity index (χ3v) is 6.54. The summed E-state index contributed by atoms with van der Waals surface area (Å²) in [6, 6.07) is 0. The Morgan fingerprint density at radius 1 is 1.24 bits per heavy atom. The molecule has 25 heavy (non-hydrogen) atoms. The van der Waals surface area contributed by atoms with Gasteiger partial charge >= 0.3 is 0 Å². The van der Waals surface area contributed by atoms with Crippen LogP contribution >= 0.6 is 11.3 Å². The van der Waals surface area contributed by atoms with Gasteiger partial charge in [0.2, 0.25) is 5.91 Å². The number of carbonyl (C=O) groups is 1. The first-order valence-electron chi connectivity index (χ1n) is 9.72. The van der Waals surface area contributed by atoms with Crippen molar-refractivity contribution in [2.75, 3.05) is 39.8 Å². The number of hydrogen-bond donors (Lipinski definition) is 1. The Bertz CT molecular complexity index is 545. The number of nitrogens with one attached hydrogen (secondary N) is 1. The van der Waals surface area contributed by atoms with E-state index in [0.29, 0.717) is 5.91 Å². The number of nitrogens with zero attached hydrogens (tertiary/aromatic N) is 3. The van der Waals surface area contributed by atoms with Crippen LogP contribution in [0.5, 0.6) is 0 Å². The zero-order valence-electron chi connectivity index (χ0n) is 15.7. The Morgan fingerprint density at radius 2 is 1.96 bits per heavy atom. The van der Waals surface area contributed by atoms with Crippen LogP contribution in [-0.4, -0.2) is 60.5 Å². The quantitative estimate of drug-likeness (QED) is 0.843. The van der Waals surface area contributed by atoms with Crippen molar-refractivity contribution in [1.29, 1.82) is 0 Å². The maximum Gasteiger partial charge on any atom is 0.225 e. The third kappa shape index (κ3) is 5.25. The van der Waals surface area contributed by atoms with Gasteiger partial charge in [-0.15, -0.1) is 11.3 Å². The van der Waals surface area contributed by atoms with Crippen LogP contribution in [0.2, 0.25) is 0 Å². The normalized spacial score (nSPS) is 21.0. The molecule has 1 N–H and O–H groups in total. The summed E-state index contributed by atoms with van der Waals surface area (Å²) in [5, 5.41) is 6.53. The molecular formula is C19H32N4OS. The van der Waals surface area contributed by atoms with Crippen molar-refractivity contribution >= 4 is 17.2 Å². The van der Waals surface area contributed by atoms with Gasteiger partial charge in [0.25, 0.3) is 0 Å². The van der Waals surface area contributed by atoms with Gasteiger partial charge in [0.05, 0.1) is 10.7 Å². The van der Waals surface area contributed by atoms with E-state index in [2.05, 4.69) is 32.4 Å². The van der Waals surface area contributed by atoms with Crippen LogP contribution in [0.15, 0.2) is 5.38 Å². The molecule has 6 heteroatoms. The topological polar surface area (TPSA) is 48.5 Å². The number of aromatic nitrogens is 1. The van der Waals surface area contributed by atoms with Gasteiger partial charge < -0.3 is 10.2 Å². The maximum atomic E-state index is 12.8. The number of carbonyl (C=O) groups excluding carboxylic acids is 1. The first kappa shape index (κ1) is 18.8. The van der Waals surface area contributed by atoms with Crippen LogP contribution in [-0.2, 0) is 11.3 Å². The van der Waals surface area contributed by atoms with E-state index in [0.717, 1.165) is 63.0 Å². The lowest BCUT2D eigenvalue weighted by Crippen LogP contribution is -2.45. The Labute approximate surface area is 155 Å².